The molecule has 0 saturated carbocycles. The Balaban J connectivity index is 1.66. The summed E-state index contributed by atoms with van der Waals surface area (Å²) in [6, 6.07) is 11.3. The van der Waals surface area contributed by atoms with Crippen LogP contribution in [0, 0.1) is 5.82 Å². The lowest BCUT2D eigenvalue weighted by Gasteiger charge is -2.35. The largest absolute Gasteiger partial charge is 0.335 e. The molecule has 0 bridgehead atoms. The predicted octanol–water partition coefficient (Wildman–Crippen LogP) is 1.89. The number of rotatable bonds is 6. The number of sulfonamides is 1. The molecule has 1 N–H and O–H groups in total. The molecular formula is C21H22FN3O4S. The maximum absolute atomic E-state index is 13.4. The molecule has 158 valence electrons. The van der Waals surface area contributed by atoms with E-state index in [2.05, 4.69) is 11.3 Å². The van der Waals surface area contributed by atoms with Gasteiger partial charge in [0.05, 0.1) is 4.90 Å². The van der Waals surface area contributed by atoms with E-state index in [0.29, 0.717) is 26.2 Å². The summed E-state index contributed by atoms with van der Waals surface area (Å²) in [7, 11) is -3.74. The first-order chi connectivity index (χ1) is 14.3. The molecule has 30 heavy (non-hydrogen) atoms. The van der Waals surface area contributed by atoms with Crippen LogP contribution >= 0.6 is 0 Å². The van der Waals surface area contributed by atoms with Gasteiger partial charge in [0, 0.05) is 43.9 Å². The molecule has 0 aromatic heterocycles. The summed E-state index contributed by atoms with van der Waals surface area (Å²) >= 11 is 0. The van der Waals surface area contributed by atoms with Gasteiger partial charge in [-0.25, -0.2) is 17.5 Å². The van der Waals surface area contributed by atoms with Crippen molar-refractivity contribution in [2.75, 3.05) is 32.7 Å². The predicted molar refractivity (Wildman–Crippen MR) is 110 cm³/mol. The third-order valence-corrected chi connectivity index (χ3v) is 6.16. The van der Waals surface area contributed by atoms with Crippen molar-refractivity contribution in [2.24, 2.45) is 0 Å². The number of benzene rings is 2. The topological polar surface area (TPSA) is 86.8 Å². The molecule has 2 aromatic rings. The van der Waals surface area contributed by atoms with Crippen LogP contribution in [-0.4, -0.2) is 62.8 Å². The van der Waals surface area contributed by atoms with E-state index < -0.39 is 15.8 Å². The summed E-state index contributed by atoms with van der Waals surface area (Å²) in [5.41, 5.74) is 0.515. The van der Waals surface area contributed by atoms with Crippen LogP contribution in [0.15, 0.2) is 66.1 Å². The van der Waals surface area contributed by atoms with Crippen molar-refractivity contribution >= 4 is 21.8 Å². The highest BCUT2D eigenvalue weighted by atomic mass is 32.2. The lowest BCUT2D eigenvalue weighted by molar-refractivity contribution is 0.0535. The number of carbonyl (C=O) groups is 2. The summed E-state index contributed by atoms with van der Waals surface area (Å²) in [4.78, 5) is 28.5. The van der Waals surface area contributed by atoms with Crippen molar-refractivity contribution in [3.63, 3.8) is 0 Å². The van der Waals surface area contributed by atoms with Crippen LogP contribution < -0.4 is 4.72 Å². The number of hydrogen-bond acceptors (Lipinski definition) is 4. The summed E-state index contributed by atoms with van der Waals surface area (Å²) < 4.78 is 40.3. The lowest BCUT2D eigenvalue weighted by atomic mass is 10.1. The molecule has 1 aliphatic rings. The van der Waals surface area contributed by atoms with E-state index in [4.69, 9.17) is 0 Å². The smallest absolute Gasteiger partial charge is 0.254 e. The highest BCUT2D eigenvalue weighted by molar-refractivity contribution is 7.89. The Bertz CT molecular complexity index is 1060. The van der Waals surface area contributed by atoms with Crippen molar-refractivity contribution in [1.29, 1.82) is 0 Å². The van der Waals surface area contributed by atoms with Gasteiger partial charge in [-0.05, 0) is 36.4 Å². The summed E-state index contributed by atoms with van der Waals surface area (Å²) in [5.74, 6) is -1.08. The SMILES string of the molecule is C=CCNS(=O)(=O)c1cccc(C(=O)N2CCN(C(=O)c3cccc(F)c3)CC2)c1. The molecule has 0 aliphatic carbocycles. The monoisotopic (exact) mass is 431 g/mol. The third-order valence-electron chi connectivity index (χ3n) is 4.73. The van der Waals surface area contributed by atoms with E-state index in [9.17, 15) is 22.4 Å². The van der Waals surface area contributed by atoms with Gasteiger partial charge >= 0.3 is 0 Å². The first kappa shape index (κ1) is 21.7. The van der Waals surface area contributed by atoms with Gasteiger partial charge in [-0.2, -0.15) is 0 Å². The summed E-state index contributed by atoms with van der Waals surface area (Å²) in [6.07, 6.45) is 1.43. The third kappa shape index (κ3) is 4.92. The first-order valence-electron chi connectivity index (χ1n) is 9.36. The van der Waals surface area contributed by atoms with Crippen LogP contribution in [0.4, 0.5) is 4.39 Å². The second kappa shape index (κ2) is 9.19. The van der Waals surface area contributed by atoms with Crippen LogP contribution in [0.5, 0.6) is 0 Å². The Kier molecular flexibility index (Phi) is 6.63. The van der Waals surface area contributed by atoms with E-state index in [1.54, 1.807) is 21.9 Å². The second-order valence-electron chi connectivity index (χ2n) is 6.76. The molecule has 1 heterocycles. The van der Waals surface area contributed by atoms with Gasteiger partial charge < -0.3 is 9.80 Å². The number of carbonyl (C=O) groups excluding carboxylic acids is 2. The van der Waals surface area contributed by atoms with Crippen LogP contribution in [0.1, 0.15) is 20.7 Å². The molecule has 2 aromatic carbocycles. The molecular weight excluding hydrogens is 409 g/mol. The number of piperazine rings is 1. The zero-order chi connectivity index (χ0) is 21.7. The number of nitrogens with one attached hydrogen (secondary N) is 1. The van der Waals surface area contributed by atoms with Crippen molar-refractivity contribution in [3.8, 4) is 0 Å². The van der Waals surface area contributed by atoms with Gasteiger partial charge in [0.25, 0.3) is 11.8 Å². The molecule has 1 fully saturated rings. The minimum Gasteiger partial charge on any atom is -0.335 e. The summed E-state index contributed by atoms with van der Waals surface area (Å²) in [5, 5.41) is 0. The van der Waals surface area contributed by atoms with E-state index >= 15 is 0 Å². The Morgan fingerprint density at radius 3 is 2.03 bits per heavy atom. The Labute approximate surface area is 174 Å². The van der Waals surface area contributed by atoms with Crippen molar-refractivity contribution in [3.05, 3.63) is 78.1 Å². The normalized spacial score (nSPS) is 14.4. The quantitative estimate of drug-likeness (QED) is 0.708. The fraction of sp³-hybridized carbons (Fsp3) is 0.238. The highest BCUT2D eigenvalue weighted by Gasteiger charge is 2.26. The van der Waals surface area contributed by atoms with Gasteiger partial charge in [0.1, 0.15) is 5.82 Å². The molecule has 0 spiro atoms. The van der Waals surface area contributed by atoms with Crippen LogP contribution in [0.25, 0.3) is 0 Å². The fourth-order valence-corrected chi connectivity index (χ4v) is 4.19. The van der Waals surface area contributed by atoms with E-state index in [-0.39, 0.29) is 34.4 Å². The molecule has 2 amide bonds. The maximum Gasteiger partial charge on any atom is 0.254 e. The van der Waals surface area contributed by atoms with Crippen molar-refractivity contribution in [1.82, 2.24) is 14.5 Å². The maximum atomic E-state index is 13.4. The average molecular weight is 431 g/mol. The zero-order valence-corrected chi connectivity index (χ0v) is 17.1. The molecule has 9 heteroatoms. The lowest BCUT2D eigenvalue weighted by Crippen LogP contribution is -2.50. The molecule has 3 rings (SSSR count). The van der Waals surface area contributed by atoms with Gasteiger partial charge in [-0.3, -0.25) is 9.59 Å². The minimum atomic E-state index is -3.74. The summed E-state index contributed by atoms with van der Waals surface area (Å²) in [6.45, 7) is 4.76. The molecule has 1 aliphatic heterocycles. The van der Waals surface area contributed by atoms with Crippen LogP contribution in [0.3, 0.4) is 0 Å². The molecule has 7 nitrogen and oxygen atoms in total. The van der Waals surface area contributed by atoms with Crippen molar-refractivity contribution < 1.29 is 22.4 Å². The van der Waals surface area contributed by atoms with Gasteiger partial charge in [0.2, 0.25) is 10.0 Å². The fourth-order valence-electron chi connectivity index (χ4n) is 3.15. The van der Waals surface area contributed by atoms with Crippen LogP contribution in [-0.2, 0) is 10.0 Å². The average Bonchev–Trinajstić information content (AvgIpc) is 2.77. The van der Waals surface area contributed by atoms with E-state index in [1.807, 2.05) is 0 Å². The standard InChI is InChI=1S/C21H22FN3O4S/c1-2-9-23-30(28,29)19-8-4-6-17(15-19)21(27)25-12-10-24(11-13-25)20(26)16-5-3-7-18(22)14-16/h2-8,14-15,23H,1,9-13H2. The number of hydrogen-bond donors (Lipinski definition) is 1. The zero-order valence-electron chi connectivity index (χ0n) is 16.3. The first-order valence-corrected chi connectivity index (χ1v) is 10.8. The Hall–Kier alpha value is -3.04. The van der Waals surface area contributed by atoms with Gasteiger partial charge in [0.15, 0.2) is 0 Å². The highest BCUT2D eigenvalue weighted by Crippen LogP contribution is 2.16. The molecule has 0 radical (unpaired) electrons. The minimum absolute atomic E-state index is 0.00452. The Morgan fingerprint density at radius 2 is 1.50 bits per heavy atom. The van der Waals surface area contributed by atoms with Gasteiger partial charge in [-0.1, -0.05) is 18.2 Å². The van der Waals surface area contributed by atoms with E-state index in [1.165, 1.54) is 42.5 Å². The van der Waals surface area contributed by atoms with E-state index in [0.717, 1.165) is 0 Å². The molecule has 0 atom stereocenters. The number of nitrogens with zero attached hydrogens (tertiary/aromatic N) is 2. The van der Waals surface area contributed by atoms with Crippen molar-refractivity contribution in [2.45, 2.75) is 4.90 Å². The van der Waals surface area contributed by atoms with Crippen LogP contribution in [0.2, 0.25) is 0 Å². The molecule has 1 saturated heterocycles. The number of halogens is 1. The Morgan fingerprint density at radius 1 is 0.967 bits per heavy atom. The number of amides is 2. The second-order valence-corrected chi connectivity index (χ2v) is 8.53. The van der Waals surface area contributed by atoms with Gasteiger partial charge in [-0.15, -0.1) is 6.58 Å². The molecule has 0 unspecified atom stereocenters.